The first kappa shape index (κ1) is 9.32. The molecule has 12 heavy (non-hydrogen) atoms. The number of aliphatic hydroxyl groups is 1. The molecule has 1 aliphatic rings. The number of hydrogen-bond donors (Lipinski definition) is 3. The van der Waals surface area contributed by atoms with Crippen molar-refractivity contribution in [3.63, 3.8) is 0 Å². The number of nitrogens with zero attached hydrogens (tertiary/aromatic N) is 1. The molecule has 0 aromatic heterocycles. The average Bonchev–Trinajstić information content (AvgIpc) is 2.03. The van der Waals surface area contributed by atoms with Crippen molar-refractivity contribution in [2.45, 2.75) is 31.8 Å². The van der Waals surface area contributed by atoms with E-state index in [2.05, 4.69) is 4.99 Å². The van der Waals surface area contributed by atoms with Gasteiger partial charge in [-0.25, -0.2) is 0 Å². The highest BCUT2D eigenvalue weighted by atomic mass is 16.3. The van der Waals surface area contributed by atoms with Crippen molar-refractivity contribution in [3.05, 3.63) is 0 Å². The molecule has 0 spiro atoms. The quantitative estimate of drug-likeness (QED) is 0.397. The lowest BCUT2D eigenvalue weighted by Crippen LogP contribution is -2.25. The molecule has 70 valence electrons. The Morgan fingerprint density at radius 1 is 1.25 bits per heavy atom. The summed E-state index contributed by atoms with van der Waals surface area (Å²) in [5.41, 5.74) is 10.4. The van der Waals surface area contributed by atoms with Crippen LogP contribution in [0.3, 0.4) is 0 Å². The Kier molecular flexibility index (Phi) is 3.34. The van der Waals surface area contributed by atoms with Crippen molar-refractivity contribution < 1.29 is 5.11 Å². The predicted octanol–water partition coefficient (Wildman–Crippen LogP) is -0.189. The van der Waals surface area contributed by atoms with Crippen molar-refractivity contribution >= 4 is 5.96 Å². The van der Waals surface area contributed by atoms with E-state index in [0.29, 0.717) is 5.92 Å². The van der Waals surface area contributed by atoms with Crippen molar-refractivity contribution in [1.82, 2.24) is 0 Å². The molecule has 4 nitrogen and oxygen atoms in total. The van der Waals surface area contributed by atoms with Gasteiger partial charge in [0.15, 0.2) is 5.96 Å². The fraction of sp³-hybridized carbons (Fsp3) is 0.875. The third kappa shape index (κ3) is 3.09. The second-order valence-electron chi connectivity index (χ2n) is 3.44. The second-order valence-corrected chi connectivity index (χ2v) is 3.44. The topological polar surface area (TPSA) is 84.6 Å². The van der Waals surface area contributed by atoms with Gasteiger partial charge in [-0.3, -0.25) is 4.99 Å². The molecule has 0 aliphatic heterocycles. The van der Waals surface area contributed by atoms with Crippen LogP contribution in [0.1, 0.15) is 25.7 Å². The Morgan fingerprint density at radius 2 is 1.83 bits per heavy atom. The largest absolute Gasteiger partial charge is 0.393 e. The molecule has 0 amide bonds. The first-order valence-electron chi connectivity index (χ1n) is 4.42. The Hall–Kier alpha value is -0.770. The summed E-state index contributed by atoms with van der Waals surface area (Å²) in [6, 6.07) is 0. The van der Waals surface area contributed by atoms with E-state index in [1.807, 2.05) is 0 Å². The van der Waals surface area contributed by atoms with Crippen LogP contribution >= 0.6 is 0 Å². The lowest BCUT2D eigenvalue weighted by Gasteiger charge is -2.23. The SMILES string of the molecule is NC(N)=NCC1CCC(O)CC1. The van der Waals surface area contributed by atoms with Gasteiger partial charge in [0.25, 0.3) is 0 Å². The monoisotopic (exact) mass is 171 g/mol. The summed E-state index contributed by atoms with van der Waals surface area (Å²) < 4.78 is 0. The fourth-order valence-electron chi connectivity index (χ4n) is 1.56. The molecule has 0 heterocycles. The zero-order valence-electron chi connectivity index (χ0n) is 7.24. The van der Waals surface area contributed by atoms with Crippen LogP contribution in [-0.2, 0) is 0 Å². The molecular formula is C8H17N3O. The van der Waals surface area contributed by atoms with Crippen molar-refractivity contribution in [2.75, 3.05) is 6.54 Å². The van der Waals surface area contributed by atoms with E-state index in [1.54, 1.807) is 0 Å². The smallest absolute Gasteiger partial charge is 0.185 e. The standard InChI is InChI=1S/C8H17N3O/c9-8(10)11-5-6-1-3-7(12)4-2-6/h6-7,12H,1-5H2,(H4,9,10,11). The lowest BCUT2D eigenvalue weighted by atomic mass is 9.88. The molecule has 0 saturated heterocycles. The molecule has 5 N–H and O–H groups in total. The van der Waals surface area contributed by atoms with Gasteiger partial charge in [0.2, 0.25) is 0 Å². The normalized spacial score (nSPS) is 29.8. The molecule has 0 aromatic rings. The number of aliphatic imine (C=N–C) groups is 1. The van der Waals surface area contributed by atoms with E-state index in [4.69, 9.17) is 11.5 Å². The van der Waals surface area contributed by atoms with Gasteiger partial charge in [0.1, 0.15) is 0 Å². The Bertz CT molecular complexity index is 158. The van der Waals surface area contributed by atoms with Crippen molar-refractivity contribution in [3.8, 4) is 0 Å². The van der Waals surface area contributed by atoms with Gasteiger partial charge < -0.3 is 16.6 Å². The van der Waals surface area contributed by atoms with E-state index in [1.165, 1.54) is 0 Å². The van der Waals surface area contributed by atoms with Gasteiger partial charge >= 0.3 is 0 Å². The molecule has 0 bridgehead atoms. The van der Waals surface area contributed by atoms with Crippen molar-refractivity contribution in [1.29, 1.82) is 0 Å². The van der Waals surface area contributed by atoms with E-state index in [9.17, 15) is 5.11 Å². The van der Waals surface area contributed by atoms with E-state index in [0.717, 1.165) is 32.2 Å². The minimum Gasteiger partial charge on any atom is -0.393 e. The van der Waals surface area contributed by atoms with Gasteiger partial charge in [0.05, 0.1) is 6.10 Å². The third-order valence-corrected chi connectivity index (χ3v) is 2.35. The van der Waals surface area contributed by atoms with E-state index in [-0.39, 0.29) is 12.1 Å². The van der Waals surface area contributed by atoms with Gasteiger partial charge in [-0.2, -0.15) is 0 Å². The van der Waals surface area contributed by atoms with Gasteiger partial charge in [-0.15, -0.1) is 0 Å². The van der Waals surface area contributed by atoms with Crippen LogP contribution in [0.25, 0.3) is 0 Å². The highest BCUT2D eigenvalue weighted by Gasteiger charge is 2.18. The van der Waals surface area contributed by atoms with Crippen LogP contribution < -0.4 is 11.5 Å². The third-order valence-electron chi connectivity index (χ3n) is 2.35. The molecule has 1 rings (SSSR count). The maximum Gasteiger partial charge on any atom is 0.185 e. The van der Waals surface area contributed by atoms with Crippen LogP contribution in [0.15, 0.2) is 4.99 Å². The van der Waals surface area contributed by atoms with Crippen LogP contribution in [0.5, 0.6) is 0 Å². The summed E-state index contributed by atoms with van der Waals surface area (Å²) in [5.74, 6) is 0.733. The van der Waals surface area contributed by atoms with Gasteiger partial charge in [-0.05, 0) is 31.6 Å². The fourth-order valence-corrected chi connectivity index (χ4v) is 1.56. The van der Waals surface area contributed by atoms with Gasteiger partial charge in [-0.1, -0.05) is 0 Å². The Morgan fingerprint density at radius 3 is 2.33 bits per heavy atom. The maximum absolute atomic E-state index is 9.22. The summed E-state index contributed by atoms with van der Waals surface area (Å²) in [4.78, 5) is 3.96. The molecule has 1 aliphatic carbocycles. The van der Waals surface area contributed by atoms with Crippen LogP contribution in [0.2, 0.25) is 0 Å². The van der Waals surface area contributed by atoms with Crippen LogP contribution in [0.4, 0.5) is 0 Å². The molecule has 1 fully saturated rings. The number of hydrogen-bond acceptors (Lipinski definition) is 2. The molecule has 4 heteroatoms. The second kappa shape index (κ2) is 4.30. The number of rotatable bonds is 2. The minimum atomic E-state index is -0.0968. The molecule has 1 saturated carbocycles. The summed E-state index contributed by atoms with van der Waals surface area (Å²) in [5, 5.41) is 9.22. The first-order chi connectivity index (χ1) is 5.68. The van der Waals surface area contributed by atoms with E-state index >= 15 is 0 Å². The van der Waals surface area contributed by atoms with Crippen molar-refractivity contribution in [2.24, 2.45) is 22.4 Å². The molecule has 0 radical (unpaired) electrons. The summed E-state index contributed by atoms with van der Waals surface area (Å²) in [7, 11) is 0. The highest BCUT2D eigenvalue weighted by molar-refractivity contribution is 5.75. The number of guanidine groups is 1. The van der Waals surface area contributed by atoms with Crippen LogP contribution in [-0.4, -0.2) is 23.7 Å². The molecule has 0 atom stereocenters. The molecule has 0 unspecified atom stereocenters. The Balaban J connectivity index is 2.22. The lowest BCUT2D eigenvalue weighted by molar-refractivity contribution is 0.110. The molecular weight excluding hydrogens is 154 g/mol. The van der Waals surface area contributed by atoms with Gasteiger partial charge in [0, 0.05) is 6.54 Å². The minimum absolute atomic E-state index is 0.0968. The summed E-state index contributed by atoms with van der Waals surface area (Å²) >= 11 is 0. The maximum atomic E-state index is 9.22. The molecule has 0 aromatic carbocycles. The first-order valence-corrected chi connectivity index (χ1v) is 4.42. The number of aliphatic hydroxyl groups excluding tert-OH is 1. The Labute approximate surface area is 72.7 Å². The predicted molar refractivity (Wildman–Crippen MR) is 48.6 cm³/mol. The average molecular weight is 171 g/mol. The summed E-state index contributed by atoms with van der Waals surface area (Å²) in [6.45, 7) is 0.717. The van der Waals surface area contributed by atoms with E-state index < -0.39 is 0 Å². The van der Waals surface area contributed by atoms with Crippen LogP contribution in [0, 0.1) is 5.92 Å². The zero-order chi connectivity index (χ0) is 8.97. The highest BCUT2D eigenvalue weighted by Crippen LogP contribution is 2.23. The summed E-state index contributed by atoms with van der Waals surface area (Å²) in [6.07, 6.45) is 3.77. The number of nitrogens with two attached hydrogens (primary N) is 2. The zero-order valence-corrected chi connectivity index (χ0v) is 7.24.